The largest absolute Gasteiger partial charge is 0.468 e. The van der Waals surface area contributed by atoms with Crippen LogP contribution in [0.3, 0.4) is 0 Å². The molecule has 23 heteroatoms. The van der Waals surface area contributed by atoms with Crippen molar-refractivity contribution in [3.63, 3.8) is 0 Å². The third kappa shape index (κ3) is 9.28. The van der Waals surface area contributed by atoms with Gasteiger partial charge in [-0.05, 0) is 115 Å². The van der Waals surface area contributed by atoms with Gasteiger partial charge in [0.05, 0.1) is 48.0 Å². The standard InChI is InChI=1S/C49H51F11N6O6/c1-6-30-32(50)9-7-27-19-29(70-25-68-5)20-31(36(27)30)39-38(51)40-37-33(61-39)10-12-34-35-11-8-28(66(35)43(67)72-44(2,3)4)21-65(34)41(37)63-42(62-40)69-24-45(15-16-45)23-64-17-13-26(14-18-64)22-71-46(47(52,53)54,48(55,56)57)49(58,59)60/h1,7,9,19-20,26,28,34-35H,8,10-18,21-25H2,2-5H3/t28-,34-,35?/m1/s1. The van der Waals surface area contributed by atoms with Crippen molar-refractivity contribution < 1.29 is 76.8 Å². The second-order valence-electron chi connectivity index (χ2n) is 20.4. The van der Waals surface area contributed by atoms with E-state index in [-0.39, 0.29) is 96.9 Å². The highest BCUT2D eigenvalue weighted by Crippen LogP contribution is 2.56. The molecule has 0 spiro atoms. The fourth-order valence-electron chi connectivity index (χ4n) is 10.8. The minimum atomic E-state index is -6.81. The molecule has 0 radical (unpaired) electrons. The molecule has 1 unspecified atom stereocenters. The summed E-state index contributed by atoms with van der Waals surface area (Å²) in [6, 6.07) is 4.69. The molecule has 1 amide bonds. The third-order valence-electron chi connectivity index (χ3n) is 14.4. The summed E-state index contributed by atoms with van der Waals surface area (Å²) in [5.41, 5.74) is -7.54. The van der Waals surface area contributed by atoms with Gasteiger partial charge in [0.1, 0.15) is 34.2 Å². The van der Waals surface area contributed by atoms with Crippen LogP contribution in [-0.2, 0) is 20.6 Å². The second kappa shape index (κ2) is 18.5. The number of rotatable bonds is 12. The number of carbonyl (C=O) groups excluding carboxylic acids is 1. The highest BCUT2D eigenvalue weighted by molar-refractivity contribution is 6.03. The summed E-state index contributed by atoms with van der Waals surface area (Å²) in [6.45, 7) is 4.75. The lowest BCUT2D eigenvalue weighted by atomic mass is 9.95. The number of benzene rings is 2. The van der Waals surface area contributed by atoms with Gasteiger partial charge in [-0.15, -0.1) is 6.42 Å². The van der Waals surface area contributed by atoms with Gasteiger partial charge in [0.2, 0.25) is 0 Å². The Morgan fingerprint density at radius 1 is 0.861 bits per heavy atom. The van der Waals surface area contributed by atoms with E-state index in [1.165, 1.54) is 25.3 Å². The van der Waals surface area contributed by atoms with Crippen LogP contribution in [0.25, 0.3) is 32.9 Å². The molecule has 4 fully saturated rings. The summed E-state index contributed by atoms with van der Waals surface area (Å²) < 4.78 is 182. The van der Waals surface area contributed by atoms with Crippen molar-refractivity contribution in [2.45, 2.75) is 120 Å². The molecule has 72 heavy (non-hydrogen) atoms. The number of amides is 1. The second-order valence-corrected chi connectivity index (χ2v) is 20.4. The number of hydrogen-bond acceptors (Lipinski definition) is 11. The zero-order valence-electron chi connectivity index (χ0n) is 39.6. The fourth-order valence-corrected chi connectivity index (χ4v) is 10.8. The molecule has 2 aromatic carbocycles. The lowest BCUT2D eigenvalue weighted by Gasteiger charge is -2.47. The summed E-state index contributed by atoms with van der Waals surface area (Å²) in [4.78, 5) is 34.0. The number of alkyl halides is 9. The number of anilines is 1. The number of fused-ring (bicyclic) bond motifs is 6. The molecular formula is C49H51F11N6O6. The summed E-state index contributed by atoms with van der Waals surface area (Å²) in [6.07, 6.45) is -11.7. The number of likely N-dealkylation sites (tertiary alicyclic amines) is 1. The average molecular weight is 1030 g/mol. The van der Waals surface area contributed by atoms with Crippen molar-refractivity contribution in [3.05, 3.63) is 47.2 Å². The van der Waals surface area contributed by atoms with E-state index in [1.54, 1.807) is 31.7 Å². The van der Waals surface area contributed by atoms with Crippen LogP contribution in [0.5, 0.6) is 11.8 Å². The predicted octanol–water partition coefficient (Wildman–Crippen LogP) is 10.3. The lowest BCUT2D eigenvalue weighted by molar-refractivity contribution is -0.458. The predicted molar refractivity (Wildman–Crippen MR) is 238 cm³/mol. The molecule has 12 nitrogen and oxygen atoms in total. The Kier molecular flexibility index (Phi) is 13.2. The van der Waals surface area contributed by atoms with Crippen LogP contribution in [0.4, 0.5) is 58.9 Å². The minimum absolute atomic E-state index is 0.00803. The first-order chi connectivity index (χ1) is 33.8. The van der Waals surface area contributed by atoms with Gasteiger partial charge in [0.15, 0.2) is 12.6 Å². The van der Waals surface area contributed by atoms with Gasteiger partial charge in [-0.2, -0.15) is 49.5 Å². The average Bonchev–Trinajstić information content (AvgIpc) is 4.01. The molecule has 4 aliphatic heterocycles. The topological polar surface area (TPSA) is 112 Å². The Bertz CT molecular complexity index is 2750. The molecule has 4 aromatic rings. The number of halogens is 11. The molecule has 2 bridgehead atoms. The van der Waals surface area contributed by atoms with Gasteiger partial charge in [0.25, 0.3) is 0 Å². The lowest BCUT2D eigenvalue weighted by Crippen LogP contribution is -2.68. The van der Waals surface area contributed by atoms with Crippen LogP contribution in [0.15, 0.2) is 24.3 Å². The SMILES string of the molecule is C#Cc1c(F)ccc2cc(OCOC)cc(-c3nc4c5c(nc(OCC6(CN7CCC(COC(C(F)(F)F)(C(F)(F)F)C(F)(F)F)CC7)CC6)nc5c3F)N3C[C@H]5CCC([C@H]3CC4)N5C(=O)OC(C)(C)C)c12. The maximum Gasteiger partial charge on any atom is 0.435 e. The van der Waals surface area contributed by atoms with Crippen molar-refractivity contribution in [3.8, 4) is 35.4 Å². The summed E-state index contributed by atoms with van der Waals surface area (Å²) in [5.74, 6) is 0.358. The normalized spacial score (nSPS) is 21.7. The molecule has 5 aliphatic rings. The first-order valence-corrected chi connectivity index (χ1v) is 23.5. The number of ether oxygens (including phenoxy) is 5. The Morgan fingerprint density at radius 2 is 1.56 bits per heavy atom. The fraction of sp³-hybridized carbons (Fsp3) is 0.592. The van der Waals surface area contributed by atoms with Crippen molar-refractivity contribution in [1.82, 2.24) is 24.8 Å². The van der Waals surface area contributed by atoms with E-state index in [4.69, 9.17) is 35.3 Å². The van der Waals surface area contributed by atoms with Gasteiger partial charge >= 0.3 is 36.2 Å². The van der Waals surface area contributed by atoms with Crippen LogP contribution >= 0.6 is 0 Å². The van der Waals surface area contributed by atoms with Crippen LogP contribution in [0.1, 0.15) is 77.0 Å². The Hall–Kier alpha value is -5.47. The van der Waals surface area contributed by atoms with Crippen LogP contribution in [0, 0.1) is 35.3 Å². The van der Waals surface area contributed by atoms with E-state index >= 15 is 8.78 Å². The van der Waals surface area contributed by atoms with Crippen molar-refractivity contribution in [1.29, 1.82) is 0 Å². The quantitative estimate of drug-likeness (QED) is 0.0768. The van der Waals surface area contributed by atoms with E-state index in [0.29, 0.717) is 73.9 Å². The maximum absolute atomic E-state index is 17.8. The Morgan fingerprint density at radius 3 is 2.18 bits per heavy atom. The maximum atomic E-state index is 17.8. The van der Waals surface area contributed by atoms with Gasteiger partial charge < -0.3 is 33.5 Å². The van der Waals surface area contributed by atoms with Gasteiger partial charge in [-0.3, -0.25) is 4.90 Å². The minimum Gasteiger partial charge on any atom is -0.468 e. The highest BCUT2D eigenvalue weighted by atomic mass is 19.4. The summed E-state index contributed by atoms with van der Waals surface area (Å²) >= 11 is 0. The van der Waals surface area contributed by atoms with Crippen LogP contribution < -0.4 is 14.4 Å². The molecule has 3 atom stereocenters. The van der Waals surface area contributed by atoms with E-state index in [0.717, 1.165) is 0 Å². The zero-order chi connectivity index (χ0) is 51.9. The summed E-state index contributed by atoms with van der Waals surface area (Å²) in [7, 11) is 1.43. The number of terminal acetylenes is 1. The van der Waals surface area contributed by atoms with E-state index in [1.807, 2.05) is 4.90 Å². The van der Waals surface area contributed by atoms with E-state index < -0.39 is 65.4 Å². The number of carbonyl (C=O) groups is 1. The first kappa shape index (κ1) is 51.4. The van der Waals surface area contributed by atoms with Crippen LogP contribution in [-0.4, -0.2) is 132 Å². The molecule has 390 valence electrons. The smallest absolute Gasteiger partial charge is 0.435 e. The first-order valence-electron chi connectivity index (χ1n) is 23.5. The van der Waals surface area contributed by atoms with Gasteiger partial charge in [-0.25, -0.2) is 18.6 Å². The number of piperazine rings is 1. The van der Waals surface area contributed by atoms with Gasteiger partial charge in [0, 0.05) is 36.6 Å². The molecule has 2 aromatic heterocycles. The molecule has 1 saturated carbocycles. The van der Waals surface area contributed by atoms with E-state index in [9.17, 15) is 44.3 Å². The molecule has 3 saturated heterocycles. The summed E-state index contributed by atoms with van der Waals surface area (Å²) in [5, 5.41) is 0.953. The number of pyridine rings is 1. The highest BCUT2D eigenvalue weighted by Gasteiger charge is 2.85. The zero-order valence-corrected chi connectivity index (χ0v) is 39.6. The third-order valence-corrected chi connectivity index (χ3v) is 14.4. The Balaban J connectivity index is 1.03. The Labute approximate surface area is 406 Å². The molecule has 0 N–H and O–H groups in total. The molecule has 6 heterocycles. The monoisotopic (exact) mass is 1030 g/mol. The van der Waals surface area contributed by atoms with E-state index in [2.05, 4.69) is 20.5 Å². The molecule has 1 aliphatic carbocycles. The van der Waals surface area contributed by atoms with Crippen molar-refractivity contribution in [2.24, 2.45) is 11.3 Å². The van der Waals surface area contributed by atoms with Crippen LogP contribution in [0.2, 0.25) is 0 Å². The van der Waals surface area contributed by atoms with Crippen molar-refractivity contribution in [2.75, 3.05) is 58.2 Å². The number of nitrogens with zero attached hydrogens (tertiary/aromatic N) is 6. The van der Waals surface area contributed by atoms with Gasteiger partial charge in [-0.1, -0.05) is 12.0 Å². The number of hydrogen-bond donors (Lipinski definition) is 0. The number of methoxy groups -OCH3 is 1. The van der Waals surface area contributed by atoms with Crippen molar-refractivity contribution >= 4 is 33.6 Å². The number of piperidine rings is 1. The number of aromatic nitrogens is 3. The molecule has 9 rings (SSSR count). The number of aryl methyl sites for hydroxylation is 1. The molecular weight excluding hydrogens is 978 g/mol.